The van der Waals surface area contributed by atoms with E-state index in [1.807, 2.05) is 0 Å². The van der Waals surface area contributed by atoms with E-state index in [2.05, 4.69) is 0 Å². The number of carbonyl (C=O) groups excluding carboxylic acids is 1. The third kappa shape index (κ3) is 4.22. The maximum Gasteiger partial charge on any atom is 0.327 e. The lowest BCUT2D eigenvalue weighted by atomic mass is 10.1. The number of hydrogen-bond donors (Lipinski definition) is 0. The molecule has 2 aromatic rings. The van der Waals surface area contributed by atoms with E-state index in [1.54, 1.807) is 24.3 Å². The molecule has 0 atom stereocenters. The van der Waals surface area contributed by atoms with Gasteiger partial charge in [-0.3, -0.25) is 14.9 Å². The van der Waals surface area contributed by atoms with E-state index in [4.69, 9.17) is 25.8 Å². The van der Waals surface area contributed by atoms with Gasteiger partial charge in [0.2, 0.25) is 11.5 Å². The minimum Gasteiger partial charge on any atom is -0.493 e. The molecule has 27 heavy (non-hydrogen) atoms. The van der Waals surface area contributed by atoms with Crippen LogP contribution < -0.4 is 14.2 Å². The fraction of sp³-hybridized carbons (Fsp3) is 0.278. The van der Waals surface area contributed by atoms with Crippen LogP contribution >= 0.6 is 11.6 Å². The topological polar surface area (TPSA) is 91.1 Å². The molecule has 0 radical (unpaired) electrons. The minimum absolute atomic E-state index is 0.0424. The van der Waals surface area contributed by atoms with Gasteiger partial charge in [0.05, 0.1) is 26.3 Å². The monoisotopic (exact) mass is 394 g/mol. The average Bonchev–Trinajstić information content (AvgIpc) is 2.65. The molecule has 0 saturated carbocycles. The maximum atomic E-state index is 12.9. The summed E-state index contributed by atoms with van der Waals surface area (Å²) in [4.78, 5) is 25.2. The van der Waals surface area contributed by atoms with Gasteiger partial charge in [-0.15, -0.1) is 0 Å². The van der Waals surface area contributed by atoms with Crippen molar-refractivity contribution < 1.29 is 23.9 Å². The van der Waals surface area contributed by atoms with E-state index in [0.29, 0.717) is 5.02 Å². The van der Waals surface area contributed by atoms with Crippen LogP contribution in [0.2, 0.25) is 5.02 Å². The van der Waals surface area contributed by atoms with Crippen molar-refractivity contribution in [1.29, 1.82) is 0 Å². The van der Waals surface area contributed by atoms with Gasteiger partial charge in [0, 0.05) is 24.7 Å². The Hall–Kier alpha value is -3.00. The summed E-state index contributed by atoms with van der Waals surface area (Å²) >= 11 is 5.96. The summed E-state index contributed by atoms with van der Waals surface area (Å²) in [6.07, 6.45) is 0. The molecule has 1 amide bonds. The number of rotatable bonds is 7. The van der Waals surface area contributed by atoms with Crippen molar-refractivity contribution in [2.24, 2.45) is 0 Å². The summed E-state index contributed by atoms with van der Waals surface area (Å²) in [6.45, 7) is 0.215. The Kier molecular flexibility index (Phi) is 6.46. The molecule has 0 fully saturated rings. The Morgan fingerprint density at radius 2 is 1.81 bits per heavy atom. The first-order chi connectivity index (χ1) is 12.8. The van der Waals surface area contributed by atoms with Gasteiger partial charge >= 0.3 is 5.69 Å². The summed E-state index contributed by atoms with van der Waals surface area (Å²) in [7, 11) is 5.49. The van der Waals surface area contributed by atoms with Gasteiger partial charge in [-0.25, -0.2) is 0 Å². The fourth-order valence-electron chi connectivity index (χ4n) is 2.67. The summed E-state index contributed by atoms with van der Waals surface area (Å²) in [5.41, 5.74) is 0.130. The summed E-state index contributed by atoms with van der Waals surface area (Å²) in [5.74, 6) is -0.553. The third-order valence-corrected chi connectivity index (χ3v) is 4.11. The normalized spacial score (nSPS) is 10.3. The SMILES string of the molecule is COc1cc(C(=O)N(C)Cc2cccc(Cl)c2)c([N+](=O)[O-])c(OC)c1OC. The molecule has 0 N–H and O–H groups in total. The molecule has 0 aromatic heterocycles. The summed E-state index contributed by atoms with van der Waals surface area (Å²) in [5, 5.41) is 12.2. The van der Waals surface area contributed by atoms with Gasteiger partial charge in [0.15, 0.2) is 5.75 Å². The smallest absolute Gasteiger partial charge is 0.327 e. The number of ether oxygens (including phenoxy) is 3. The number of hydrogen-bond acceptors (Lipinski definition) is 6. The van der Waals surface area contributed by atoms with Crippen molar-refractivity contribution in [3.8, 4) is 17.2 Å². The van der Waals surface area contributed by atoms with E-state index in [1.165, 1.54) is 39.3 Å². The first-order valence-electron chi connectivity index (χ1n) is 7.81. The molecule has 0 saturated heterocycles. The van der Waals surface area contributed by atoms with E-state index in [0.717, 1.165) is 5.56 Å². The lowest BCUT2D eigenvalue weighted by Gasteiger charge is -2.20. The van der Waals surface area contributed by atoms with Crippen molar-refractivity contribution in [3.63, 3.8) is 0 Å². The van der Waals surface area contributed by atoms with Crippen molar-refractivity contribution in [2.75, 3.05) is 28.4 Å². The van der Waals surface area contributed by atoms with Gasteiger partial charge in [-0.05, 0) is 17.7 Å². The second kappa shape index (κ2) is 8.59. The number of benzene rings is 2. The van der Waals surface area contributed by atoms with E-state index in [9.17, 15) is 14.9 Å². The number of nitro groups is 1. The standard InChI is InChI=1S/C18H19ClN2O6/c1-20(10-11-6-5-7-12(19)8-11)18(22)13-9-14(25-2)16(26-3)17(27-4)15(13)21(23)24/h5-9H,10H2,1-4H3. The highest BCUT2D eigenvalue weighted by molar-refractivity contribution is 6.30. The second-order valence-corrected chi connectivity index (χ2v) is 6.03. The molecule has 8 nitrogen and oxygen atoms in total. The third-order valence-electron chi connectivity index (χ3n) is 3.87. The fourth-order valence-corrected chi connectivity index (χ4v) is 2.88. The number of methoxy groups -OCH3 is 3. The zero-order chi connectivity index (χ0) is 20.1. The quantitative estimate of drug-likeness (QED) is 0.527. The Morgan fingerprint density at radius 1 is 1.15 bits per heavy atom. The van der Waals surface area contributed by atoms with E-state index >= 15 is 0 Å². The number of carbonyl (C=O) groups is 1. The van der Waals surface area contributed by atoms with Crippen LogP contribution in [0.4, 0.5) is 5.69 Å². The van der Waals surface area contributed by atoms with Gasteiger partial charge in [0.1, 0.15) is 5.56 Å². The van der Waals surface area contributed by atoms with Crippen LogP contribution in [0, 0.1) is 10.1 Å². The molecule has 0 heterocycles. The largest absolute Gasteiger partial charge is 0.493 e. The van der Waals surface area contributed by atoms with Crippen molar-refractivity contribution in [3.05, 3.63) is 56.6 Å². The molecule has 0 aliphatic rings. The van der Waals surface area contributed by atoms with Crippen molar-refractivity contribution in [1.82, 2.24) is 4.90 Å². The predicted molar refractivity (Wildman–Crippen MR) is 100 cm³/mol. The molecule has 0 aliphatic heterocycles. The first-order valence-corrected chi connectivity index (χ1v) is 8.19. The minimum atomic E-state index is -0.679. The van der Waals surface area contributed by atoms with Crippen LogP contribution in [0.1, 0.15) is 15.9 Å². The highest BCUT2D eigenvalue weighted by Gasteiger charge is 2.33. The van der Waals surface area contributed by atoms with Crippen LogP contribution in [0.5, 0.6) is 17.2 Å². The van der Waals surface area contributed by atoms with Gasteiger partial charge < -0.3 is 19.1 Å². The summed E-state index contributed by atoms with van der Waals surface area (Å²) < 4.78 is 15.5. The Morgan fingerprint density at radius 3 is 2.33 bits per heavy atom. The van der Waals surface area contributed by atoms with Crippen LogP contribution in [0.15, 0.2) is 30.3 Å². The van der Waals surface area contributed by atoms with E-state index < -0.39 is 16.5 Å². The number of halogens is 1. The Labute approximate surface area is 161 Å². The van der Waals surface area contributed by atoms with Crippen molar-refractivity contribution >= 4 is 23.2 Å². The highest BCUT2D eigenvalue weighted by atomic mass is 35.5. The molecule has 9 heteroatoms. The molecule has 0 bridgehead atoms. The number of nitro benzene ring substituents is 1. The lowest BCUT2D eigenvalue weighted by Crippen LogP contribution is -2.27. The molecule has 0 unspecified atom stereocenters. The Balaban J connectivity index is 2.51. The highest BCUT2D eigenvalue weighted by Crippen LogP contribution is 2.46. The van der Waals surface area contributed by atoms with Crippen LogP contribution in [0.3, 0.4) is 0 Å². The first kappa shape index (κ1) is 20.3. The molecular weight excluding hydrogens is 376 g/mol. The molecule has 0 spiro atoms. The van der Waals surface area contributed by atoms with Crippen LogP contribution in [-0.2, 0) is 6.54 Å². The number of amides is 1. The molecular formula is C18H19ClN2O6. The summed E-state index contributed by atoms with van der Waals surface area (Å²) in [6, 6.07) is 8.28. The predicted octanol–water partition coefficient (Wildman–Crippen LogP) is 3.55. The van der Waals surface area contributed by atoms with Crippen molar-refractivity contribution in [2.45, 2.75) is 6.54 Å². The molecule has 0 aliphatic carbocycles. The zero-order valence-electron chi connectivity index (χ0n) is 15.3. The number of nitrogens with zero attached hydrogens (tertiary/aromatic N) is 2. The van der Waals surface area contributed by atoms with Crippen LogP contribution in [0.25, 0.3) is 0 Å². The molecule has 2 aromatic carbocycles. The average molecular weight is 395 g/mol. The van der Waals surface area contributed by atoms with E-state index in [-0.39, 0.29) is 29.4 Å². The lowest BCUT2D eigenvalue weighted by molar-refractivity contribution is -0.386. The Bertz CT molecular complexity index is 871. The van der Waals surface area contributed by atoms with Crippen LogP contribution in [-0.4, -0.2) is 44.1 Å². The molecule has 144 valence electrons. The maximum absolute atomic E-state index is 12.9. The molecule has 2 rings (SSSR count). The zero-order valence-corrected chi connectivity index (χ0v) is 16.1. The van der Waals surface area contributed by atoms with Gasteiger partial charge in [-0.2, -0.15) is 0 Å². The van der Waals surface area contributed by atoms with Gasteiger partial charge in [0.25, 0.3) is 5.91 Å². The second-order valence-electron chi connectivity index (χ2n) is 5.59. The van der Waals surface area contributed by atoms with Gasteiger partial charge in [-0.1, -0.05) is 23.7 Å².